The molecule has 0 bridgehead atoms. The van der Waals surface area contributed by atoms with Gasteiger partial charge in [0.15, 0.2) is 11.0 Å². The second-order valence-electron chi connectivity index (χ2n) is 7.35. The van der Waals surface area contributed by atoms with Crippen molar-refractivity contribution in [3.63, 3.8) is 0 Å². The molecule has 0 aliphatic carbocycles. The minimum atomic E-state index is -0.450. The van der Waals surface area contributed by atoms with Gasteiger partial charge < -0.3 is 14.8 Å². The van der Waals surface area contributed by atoms with Gasteiger partial charge in [-0.1, -0.05) is 54.1 Å². The number of para-hydroxylation sites is 1. The standard InChI is InChI=1S/C26H22ClN3O4/c1-33-21-14-8-17(9-15-21)16-28-24-25(31)30(20-6-4-3-5-7-20)22(23(27)29-24)18-10-12-19(13-11-18)26(32)34-2/h3-15H,16H2,1-2H3,(H,28,29). The number of anilines is 1. The first-order valence-corrected chi connectivity index (χ1v) is 10.8. The fourth-order valence-corrected chi connectivity index (χ4v) is 3.77. The number of benzene rings is 3. The predicted molar refractivity (Wildman–Crippen MR) is 132 cm³/mol. The summed E-state index contributed by atoms with van der Waals surface area (Å²) in [5.41, 5.74) is 2.68. The van der Waals surface area contributed by atoms with Crippen molar-refractivity contribution in [1.29, 1.82) is 0 Å². The maximum Gasteiger partial charge on any atom is 0.337 e. The average Bonchev–Trinajstić information content (AvgIpc) is 2.89. The number of carbonyl (C=O) groups is 1. The van der Waals surface area contributed by atoms with Crippen molar-refractivity contribution < 1.29 is 14.3 Å². The summed E-state index contributed by atoms with van der Waals surface area (Å²) in [7, 11) is 2.93. The van der Waals surface area contributed by atoms with Crippen LogP contribution in [0.15, 0.2) is 83.7 Å². The monoisotopic (exact) mass is 475 g/mol. The molecule has 0 saturated carbocycles. The molecule has 0 atom stereocenters. The first-order chi connectivity index (χ1) is 16.5. The van der Waals surface area contributed by atoms with E-state index in [2.05, 4.69) is 10.3 Å². The van der Waals surface area contributed by atoms with Gasteiger partial charge >= 0.3 is 5.97 Å². The summed E-state index contributed by atoms with van der Waals surface area (Å²) in [6, 6.07) is 23.3. The Morgan fingerprint density at radius 3 is 2.26 bits per heavy atom. The molecule has 4 aromatic rings. The Morgan fingerprint density at radius 2 is 1.65 bits per heavy atom. The number of carbonyl (C=O) groups excluding carboxylic acids is 1. The van der Waals surface area contributed by atoms with Crippen LogP contribution in [-0.2, 0) is 11.3 Å². The molecule has 0 aliphatic rings. The molecule has 0 spiro atoms. The fourth-order valence-electron chi connectivity index (χ4n) is 3.50. The molecular weight excluding hydrogens is 454 g/mol. The number of ether oxygens (including phenoxy) is 2. The zero-order valence-electron chi connectivity index (χ0n) is 18.6. The van der Waals surface area contributed by atoms with E-state index < -0.39 is 5.97 Å². The molecule has 0 fully saturated rings. The van der Waals surface area contributed by atoms with E-state index >= 15 is 0 Å². The lowest BCUT2D eigenvalue weighted by Crippen LogP contribution is -2.25. The van der Waals surface area contributed by atoms with Crippen LogP contribution < -0.4 is 15.6 Å². The van der Waals surface area contributed by atoms with E-state index in [0.717, 1.165) is 11.3 Å². The third-order valence-electron chi connectivity index (χ3n) is 5.25. The number of nitrogens with zero attached hydrogens (tertiary/aromatic N) is 2. The zero-order valence-corrected chi connectivity index (χ0v) is 19.4. The van der Waals surface area contributed by atoms with Gasteiger partial charge in [-0.2, -0.15) is 0 Å². The largest absolute Gasteiger partial charge is 0.497 e. The molecule has 0 aliphatic heterocycles. The molecular formula is C26H22ClN3O4. The Morgan fingerprint density at radius 1 is 0.971 bits per heavy atom. The van der Waals surface area contributed by atoms with Gasteiger partial charge in [-0.3, -0.25) is 9.36 Å². The van der Waals surface area contributed by atoms with Crippen molar-refractivity contribution in [2.24, 2.45) is 0 Å². The smallest absolute Gasteiger partial charge is 0.337 e. The molecule has 0 amide bonds. The van der Waals surface area contributed by atoms with Crippen molar-refractivity contribution in [3.8, 4) is 22.7 Å². The highest BCUT2D eigenvalue weighted by Gasteiger charge is 2.19. The Balaban J connectivity index is 1.77. The molecule has 1 heterocycles. The molecule has 1 N–H and O–H groups in total. The summed E-state index contributed by atoms with van der Waals surface area (Å²) in [5, 5.41) is 3.24. The predicted octanol–water partition coefficient (Wildman–Crippen LogP) is 4.96. The van der Waals surface area contributed by atoms with E-state index in [1.54, 1.807) is 31.4 Å². The second-order valence-corrected chi connectivity index (χ2v) is 7.70. The highest BCUT2D eigenvalue weighted by atomic mass is 35.5. The molecule has 0 radical (unpaired) electrons. The van der Waals surface area contributed by atoms with Crippen molar-refractivity contribution in [2.45, 2.75) is 6.54 Å². The van der Waals surface area contributed by atoms with Gasteiger partial charge in [0.1, 0.15) is 5.75 Å². The molecule has 34 heavy (non-hydrogen) atoms. The summed E-state index contributed by atoms with van der Waals surface area (Å²) in [6.07, 6.45) is 0. The lowest BCUT2D eigenvalue weighted by atomic mass is 10.1. The van der Waals surface area contributed by atoms with Crippen molar-refractivity contribution in [3.05, 3.63) is 105 Å². The van der Waals surface area contributed by atoms with Crippen LogP contribution >= 0.6 is 11.6 Å². The normalized spacial score (nSPS) is 10.6. The van der Waals surface area contributed by atoms with Crippen LogP contribution in [0, 0.1) is 0 Å². The first kappa shape index (κ1) is 23.1. The van der Waals surface area contributed by atoms with E-state index in [1.807, 2.05) is 54.6 Å². The summed E-state index contributed by atoms with van der Waals surface area (Å²) < 4.78 is 11.5. The summed E-state index contributed by atoms with van der Waals surface area (Å²) >= 11 is 6.62. The maximum absolute atomic E-state index is 13.5. The molecule has 0 unspecified atom stereocenters. The first-order valence-electron chi connectivity index (χ1n) is 10.5. The SMILES string of the molecule is COC(=O)c1ccc(-c2c(Cl)nc(NCc3ccc(OC)cc3)c(=O)n2-c2ccccc2)cc1. The second kappa shape index (κ2) is 10.2. The van der Waals surface area contributed by atoms with E-state index in [1.165, 1.54) is 11.7 Å². The van der Waals surface area contributed by atoms with E-state index in [0.29, 0.717) is 29.1 Å². The number of hydrogen-bond donors (Lipinski definition) is 1. The van der Waals surface area contributed by atoms with Crippen molar-refractivity contribution >= 4 is 23.4 Å². The van der Waals surface area contributed by atoms with Gasteiger partial charge in [0.2, 0.25) is 0 Å². The number of halogens is 1. The zero-order chi connectivity index (χ0) is 24.1. The molecule has 3 aromatic carbocycles. The van der Waals surface area contributed by atoms with Gasteiger partial charge in [-0.05, 0) is 42.0 Å². The number of nitrogens with one attached hydrogen (secondary N) is 1. The molecule has 1 aromatic heterocycles. The summed E-state index contributed by atoms with van der Waals surface area (Å²) in [6.45, 7) is 0.379. The highest BCUT2D eigenvalue weighted by molar-refractivity contribution is 6.32. The van der Waals surface area contributed by atoms with Gasteiger partial charge in [-0.25, -0.2) is 9.78 Å². The van der Waals surface area contributed by atoms with Crippen LogP contribution in [0.3, 0.4) is 0 Å². The molecule has 0 saturated heterocycles. The number of esters is 1. The number of aromatic nitrogens is 2. The highest BCUT2D eigenvalue weighted by Crippen LogP contribution is 2.29. The average molecular weight is 476 g/mol. The van der Waals surface area contributed by atoms with Gasteiger partial charge in [0.05, 0.1) is 25.5 Å². The minimum absolute atomic E-state index is 0.125. The van der Waals surface area contributed by atoms with Crippen LogP contribution in [0.4, 0.5) is 5.82 Å². The Hall–Kier alpha value is -4.10. The summed E-state index contributed by atoms with van der Waals surface area (Å²) in [5.74, 6) is 0.424. The van der Waals surface area contributed by atoms with Gasteiger partial charge in [0.25, 0.3) is 5.56 Å². The number of rotatable bonds is 7. The van der Waals surface area contributed by atoms with Crippen LogP contribution in [0.25, 0.3) is 16.9 Å². The Labute approximate surface area is 201 Å². The topological polar surface area (TPSA) is 82.5 Å². The van der Waals surface area contributed by atoms with Crippen LogP contribution in [0.2, 0.25) is 5.15 Å². The lowest BCUT2D eigenvalue weighted by molar-refractivity contribution is 0.0600. The van der Waals surface area contributed by atoms with Gasteiger partial charge in [0, 0.05) is 17.8 Å². The Kier molecular flexibility index (Phi) is 6.94. The van der Waals surface area contributed by atoms with Gasteiger partial charge in [-0.15, -0.1) is 0 Å². The Bertz CT molecular complexity index is 1350. The van der Waals surface area contributed by atoms with Crippen LogP contribution in [0.5, 0.6) is 5.75 Å². The van der Waals surface area contributed by atoms with Crippen LogP contribution in [-0.4, -0.2) is 29.7 Å². The van der Waals surface area contributed by atoms with Crippen molar-refractivity contribution in [1.82, 2.24) is 9.55 Å². The molecule has 8 heteroatoms. The molecule has 7 nitrogen and oxygen atoms in total. The van der Waals surface area contributed by atoms with Crippen molar-refractivity contribution in [2.75, 3.05) is 19.5 Å². The maximum atomic E-state index is 13.5. The molecule has 4 rings (SSSR count). The van der Waals surface area contributed by atoms with E-state index in [-0.39, 0.29) is 16.5 Å². The number of hydrogen-bond acceptors (Lipinski definition) is 6. The number of methoxy groups -OCH3 is 2. The van der Waals surface area contributed by atoms with E-state index in [9.17, 15) is 9.59 Å². The minimum Gasteiger partial charge on any atom is -0.497 e. The van der Waals surface area contributed by atoms with E-state index in [4.69, 9.17) is 21.1 Å². The molecule has 172 valence electrons. The van der Waals surface area contributed by atoms with Crippen LogP contribution in [0.1, 0.15) is 15.9 Å². The quantitative estimate of drug-likeness (QED) is 0.380. The fraction of sp³-hybridized carbons (Fsp3) is 0.115. The lowest BCUT2D eigenvalue weighted by Gasteiger charge is -2.17. The third-order valence-corrected chi connectivity index (χ3v) is 5.51. The summed E-state index contributed by atoms with van der Waals surface area (Å²) in [4.78, 5) is 29.7. The third kappa shape index (κ3) is 4.79.